The number of nitrogens with zero attached hydrogens (tertiary/aromatic N) is 1. The molecule has 0 fully saturated rings. The molecule has 0 unspecified atom stereocenters. The Balaban J connectivity index is 1.93. The van der Waals surface area contributed by atoms with E-state index in [2.05, 4.69) is 53.5 Å². The molecule has 3 rings (SSSR count). The maximum Gasteiger partial charge on any atom is 0.219 e. The first kappa shape index (κ1) is 20.2. The van der Waals surface area contributed by atoms with E-state index in [1.54, 1.807) is 14.2 Å². The van der Waals surface area contributed by atoms with Crippen LogP contribution in [-0.2, 0) is 17.8 Å². The van der Waals surface area contributed by atoms with Crippen molar-refractivity contribution in [3.8, 4) is 11.5 Å². The van der Waals surface area contributed by atoms with Crippen molar-refractivity contribution in [1.29, 1.82) is 0 Å². The topological polar surface area (TPSA) is 50.8 Å². The summed E-state index contributed by atoms with van der Waals surface area (Å²) in [7, 11) is 3.32. The minimum atomic E-state index is 0.0723. The molecule has 1 aliphatic heterocycles. The Hall–Kier alpha value is -2.53. The number of hydrogen-bond acceptors (Lipinski definition) is 4. The van der Waals surface area contributed by atoms with Gasteiger partial charge in [0.05, 0.1) is 20.3 Å². The van der Waals surface area contributed by atoms with Crippen LogP contribution < -0.4 is 14.8 Å². The lowest BCUT2D eigenvalue weighted by atomic mass is 9.91. The van der Waals surface area contributed by atoms with Gasteiger partial charge >= 0.3 is 0 Å². The van der Waals surface area contributed by atoms with Gasteiger partial charge in [0.1, 0.15) is 0 Å². The molecule has 150 valence electrons. The Labute approximate surface area is 167 Å². The van der Waals surface area contributed by atoms with Gasteiger partial charge < -0.3 is 14.8 Å². The van der Waals surface area contributed by atoms with Gasteiger partial charge in [-0.25, -0.2) is 0 Å². The van der Waals surface area contributed by atoms with Crippen LogP contribution in [0.4, 0.5) is 0 Å². The molecule has 28 heavy (non-hydrogen) atoms. The largest absolute Gasteiger partial charge is 0.493 e. The Morgan fingerprint density at radius 3 is 2.61 bits per heavy atom. The molecular weight excluding hydrogens is 352 g/mol. The lowest BCUT2D eigenvalue weighted by Crippen LogP contribution is -2.41. The number of fused-ring (bicyclic) bond motifs is 1. The number of rotatable bonds is 7. The number of amides is 1. The molecule has 0 bridgehead atoms. The van der Waals surface area contributed by atoms with Gasteiger partial charge in [0.2, 0.25) is 5.91 Å². The summed E-state index contributed by atoms with van der Waals surface area (Å²) in [6.07, 6.45) is 1.43. The Morgan fingerprint density at radius 2 is 1.93 bits per heavy atom. The summed E-state index contributed by atoms with van der Waals surface area (Å²) in [5, 5.41) is 3.08. The van der Waals surface area contributed by atoms with Crippen molar-refractivity contribution < 1.29 is 14.3 Å². The van der Waals surface area contributed by atoms with E-state index < -0.39 is 0 Å². The summed E-state index contributed by atoms with van der Waals surface area (Å²) in [5.41, 5.74) is 5.01. The molecule has 1 atom stereocenters. The van der Waals surface area contributed by atoms with Crippen molar-refractivity contribution >= 4 is 5.91 Å². The van der Waals surface area contributed by atoms with Gasteiger partial charge in [-0.1, -0.05) is 36.8 Å². The Morgan fingerprint density at radius 1 is 1.18 bits per heavy atom. The number of methoxy groups -OCH3 is 2. The first-order chi connectivity index (χ1) is 13.5. The van der Waals surface area contributed by atoms with Crippen LogP contribution >= 0.6 is 0 Å². The van der Waals surface area contributed by atoms with Crippen LogP contribution in [0, 0.1) is 6.92 Å². The number of ether oxygens (including phenoxy) is 2. The fraction of sp³-hybridized carbons (Fsp3) is 0.435. The number of carbonyl (C=O) groups excluding carboxylic acids is 1. The van der Waals surface area contributed by atoms with E-state index in [0.29, 0.717) is 13.0 Å². The number of hydrogen-bond donors (Lipinski definition) is 1. The van der Waals surface area contributed by atoms with Gasteiger partial charge in [0.15, 0.2) is 11.5 Å². The molecule has 5 nitrogen and oxygen atoms in total. The second kappa shape index (κ2) is 9.11. The lowest BCUT2D eigenvalue weighted by molar-refractivity contribution is -0.121. The fourth-order valence-electron chi connectivity index (χ4n) is 3.89. The van der Waals surface area contributed by atoms with E-state index in [9.17, 15) is 4.79 Å². The third-order valence-electron chi connectivity index (χ3n) is 5.40. The van der Waals surface area contributed by atoms with E-state index in [1.807, 2.05) is 6.92 Å². The minimum absolute atomic E-state index is 0.0723. The van der Waals surface area contributed by atoms with Crippen LogP contribution in [0.5, 0.6) is 11.5 Å². The third kappa shape index (κ3) is 4.47. The van der Waals surface area contributed by atoms with Crippen molar-refractivity contribution in [2.24, 2.45) is 0 Å². The average molecular weight is 383 g/mol. The highest BCUT2D eigenvalue weighted by Gasteiger charge is 2.29. The molecule has 0 aliphatic carbocycles. The van der Waals surface area contributed by atoms with Crippen LogP contribution in [0.2, 0.25) is 0 Å². The number of nitrogens with one attached hydrogen (secondary N) is 1. The summed E-state index contributed by atoms with van der Waals surface area (Å²) < 4.78 is 11.0. The second-order valence-electron chi connectivity index (χ2n) is 7.29. The van der Waals surface area contributed by atoms with Crippen LogP contribution in [0.15, 0.2) is 36.4 Å². The molecule has 2 aromatic carbocycles. The monoisotopic (exact) mass is 382 g/mol. The number of carbonyl (C=O) groups is 1. The van der Waals surface area contributed by atoms with Gasteiger partial charge in [0.25, 0.3) is 0 Å². The van der Waals surface area contributed by atoms with Gasteiger partial charge in [-0.3, -0.25) is 9.69 Å². The first-order valence-electron chi connectivity index (χ1n) is 9.86. The fourth-order valence-corrected chi connectivity index (χ4v) is 3.89. The van der Waals surface area contributed by atoms with Crippen molar-refractivity contribution in [3.63, 3.8) is 0 Å². The molecule has 5 heteroatoms. The van der Waals surface area contributed by atoms with Crippen molar-refractivity contribution in [2.75, 3.05) is 27.3 Å². The summed E-state index contributed by atoms with van der Waals surface area (Å²) in [6, 6.07) is 12.9. The molecule has 1 heterocycles. The third-order valence-corrected chi connectivity index (χ3v) is 5.40. The zero-order valence-electron chi connectivity index (χ0n) is 17.2. The van der Waals surface area contributed by atoms with Crippen molar-refractivity contribution in [1.82, 2.24) is 10.2 Å². The van der Waals surface area contributed by atoms with Gasteiger partial charge in [-0.05, 0) is 42.2 Å². The summed E-state index contributed by atoms with van der Waals surface area (Å²) >= 11 is 0. The van der Waals surface area contributed by atoms with E-state index in [-0.39, 0.29) is 11.9 Å². The predicted octanol–water partition coefficient (Wildman–Crippen LogP) is 3.64. The quantitative estimate of drug-likeness (QED) is 0.794. The van der Waals surface area contributed by atoms with E-state index in [1.165, 1.54) is 22.3 Å². The highest BCUT2D eigenvalue weighted by Crippen LogP contribution is 2.38. The molecule has 0 saturated carbocycles. The summed E-state index contributed by atoms with van der Waals surface area (Å²) in [5.74, 6) is 1.55. The Kier molecular flexibility index (Phi) is 6.57. The zero-order chi connectivity index (χ0) is 20.1. The van der Waals surface area contributed by atoms with Crippen molar-refractivity contribution in [3.05, 3.63) is 58.7 Å². The predicted molar refractivity (Wildman–Crippen MR) is 111 cm³/mol. The van der Waals surface area contributed by atoms with Gasteiger partial charge in [-0.2, -0.15) is 0 Å². The number of aryl methyl sites for hydroxylation is 1. The van der Waals surface area contributed by atoms with E-state index in [4.69, 9.17) is 9.47 Å². The average Bonchev–Trinajstić information content (AvgIpc) is 2.71. The standard InChI is InChI=1S/C23H30N2O3/c1-5-23(26)24-14-20-19-13-22(28-4)21(27-3)12-18(19)9-10-25(20)15-17-8-6-7-16(2)11-17/h6-8,11-13,20H,5,9-10,14-15H2,1-4H3,(H,24,26)/t20-/m0/s1. The van der Waals surface area contributed by atoms with Crippen LogP contribution in [0.1, 0.15) is 41.6 Å². The second-order valence-corrected chi connectivity index (χ2v) is 7.29. The van der Waals surface area contributed by atoms with Crippen LogP contribution in [-0.4, -0.2) is 38.1 Å². The van der Waals surface area contributed by atoms with E-state index >= 15 is 0 Å². The zero-order valence-corrected chi connectivity index (χ0v) is 17.2. The molecule has 1 aliphatic rings. The minimum Gasteiger partial charge on any atom is -0.493 e. The highest BCUT2D eigenvalue weighted by molar-refractivity contribution is 5.75. The first-order valence-corrected chi connectivity index (χ1v) is 9.86. The van der Waals surface area contributed by atoms with Gasteiger partial charge in [0, 0.05) is 26.1 Å². The highest BCUT2D eigenvalue weighted by atomic mass is 16.5. The molecule has 0 saturated heterocycles. The smallest absolute Gasteiger partial charge is 0.219 e. The molecule has 2 aromatic rings. The molecule has 1 amide bonds. The van der Waals surface area contributed by atoms with Crippen LogP contribution in [0.25, 0.3) is 0 Å². The number of benzene rings is 2. The normalized spacial score (nSPS) is 16.4. The van der Waals surface area contributed by atoms with Crippen molar-refractivity contribution in [2.45, 2.75) is 39.3 Å². The maximum atomic E-state index is 11.9. The van der Waals surface area contributed by atoms with E-state index in [0.717, 1.165) is 31.0 Å². The maximum absolute atomic E-state index is 11.9. The molecular formula is C23H30N2O3. The molecule has 0 radical (unpaired) electrons. The molecule has 1 N–H and O–H groups in total. The van der Waals surface area contributed by atoms with Crippen LogP contribution in [0.3, 0.4) is 0 Å². The molecule has 0 spiro atoms. The summed E-state index contributed by atoms with van der Waals surface area (Å²) in [6.45, 7) is 6.36. The SMILES string of the molecule is CCC(=O)NC[C@H]1c2cc(OC)c(OC)cc2CCN1Cc1cccc(C)c1. The molecule has 0 aromatic heterocycles. The lowest BCUT2D eigenvalue weighted by Gasteiger charge is -2.38. The van der Waals surface area contributed by atoms with Gasteiger partial charge in [-0.15, -0.1) is 0 Å². The summed E-state index contributed by atoms with van der Waals surface area (Å²) in [4.78, 5) is 14.4. The Bertz CT molecular complexity index is 835.